The second-order valence-corrected chi connectivity index (χ2v) is 9.82. The Hall–Kier alpha value is -2.20. The van der Waals surface area contributed by atoms with Gasteiger partial charge in [-0.3, -0.25) is 14.9 Å². The van der Waals surface area contributed by atoms with Crippen LogP contribution < -0.4 is 10.2 Å². The van der Waals surface area contributed by atoms with Crippen molar-refractivity contribution in [3.05, 3.63) is 28.3 Å². The molecule has 0 bridgehead atoms. The number of sulfonamides is 1. The fraction of sp³-hybridized carbons (Fsp3) is 0.632. The van der Waals surface area contributed by atoms with E-state index in [9.17, 15) is 23.3 Å². The summed E-state index contributed by atoms with van der Waals surface area (Å²) in [5, 5.41) is 14.3. The Bertz CT molecular complexity index is 848. The van der Waals surface area contributed by atoms with Gasteiger partial charge in [-0.2, -0.15) is 4.31 Å². The zero-order chi connectivity index (χ0) is 21.8. The van der Waals surface area contributed by atoms with E-state index in [-0.39, 0.29) is 40.6 Å². The van der Waals surface area contributed by atoms with E-state index < -0.39 is 14.9 Å². The van der Waals surface area contributed by atoms with E-state index in [0.717, 1.165) is 18.9 Å². The Labute approximate surface area is 172 Å². The van der Waals surface area contributed by atoms with Crippen LogP contribution in [0.15, 0.2) is 23.1 Å². The van der Waals surface area contributed by atoms with Crippen molar-refractivity contribution in [2.24, 2.45) is 11.8 Å². The highest BCUT2D eigenvalue weighted by atomic mass is 32.2. The van der Waals surface area contributed by atoms with Crippen molar-refractivity contribution in [3.8, 4) is 0 Å². The molecule has 1 aromatic rings. The van der Waals surface area contributed by atoms with Crippen molar-refractivity contribution < 1.29 is 18.1 Å². The molecule has 0 radical (unpaired) electrons. The van der Waals surface area contributed by atoms with Gasteiger partial charge in [0.05, 0.1) is 16.4 Å². The molecule has 1 amide bonds. The van der Waals surface area contributed by atoms with E-state index in [0.29, 0.717) is 19.6 Å². The van der Waals surface area contributed by atoms with E-state index in [2.05, 4.69) is 5.32 Å². The SMILES string of the molecule is CCCNC(=O)CN(C)c1ccc(S(=O)(=O)N2C[C@@H](C)C[C@H](C)C2)cc1[N+](=O)[O-]. The lowest BCUT2D eigenvalue weighted by molar-refractivity contribution is -0.384. The third-order valence-electron chi connectivity index (χ3n) is 4.98. The predicted molar refractivity (Wildman–Crippen MR) is 111 cm³/mol. The Kier molecular flexibility index (Phi) is 7.59. The van der Waals surface area contributed by atoms with Crippen LogP contribution in [0.2, 0.25) is 0 Å². The lowest BCUT2D eigenvalue weighted by atomic mass is 9.94. The second-order valence-electron chi connectivity index (χ2n) is 7.88. The van der Waals surface area contributed by atoms with Gasteiger partial charge >= 0.3 is 0 Å². The Balaban J connectivity index is 2.31. The molecule has 2 rings (SSSR count). The molecule has 0 saturated carbocycles. The number of nitro groups is 1. The van der Waals surface area contributed by atoms with Gasteiger partial charge in [0.15, 0.2) is 0 Å². The number of amides is 1. The molecule has 0 spiro atoms. The Morgan fingerprint density at radius 2 is 1.93 bits per heavy atom. The summed E-state index contributed by atoms with van der Waals surface area (Å²) < 4.78 is 27.5. The first-order chi connectivity index (χ1) is 13.6. The zero-order valence-electron chi connectivity index (χ0n) is 17.4. The number of nitrogens with one attached hydrogen (secondary N) is 1. The van der Waals surface area contributed by atoms with Crippen LogP contribution in [0.3, 0.4) is 0 Å². The van der Waals surface area contributed by atoms with Gasteiger partial charge in [0.25, 0.3) is 5.69 Å². The van der Waals surface area contributed by atoms with Crippen LogP contribution in [-0.2, 0) is 14.8 Å². The van der Waals surface area contributed by atoms with E-state index in [4.69, 9.17) is 0 Å². The first-order valence-electron chi connectivity index (χ1n) is 9.82. The summed E-state index contributed by atoms with van der Waals surface area (Å²) in [6.07, 6.45) is 1.74. The topological polar surface area (TPSA) is 113 Å². The van der Waals surface area contributed by atoms with E-state index in [1.807, 2.05) is 20.8 Å². The highest BCUT2D eigenvalue weighted by Gasteiger charge is 2.33. The molecule has 0 aromatic heterocycles. The number of piperidine rings is 1. The molecule has 9 nitrogen and oxygen atoms in total. The number of carbonyl (C=O) groups is 1. The predicted octanol–water partition coefficient (Wildman–Crippen LogP) is 2.22. The molecule has 10 heteroatoms. The molecule has 1 aromatic carbocycles. The average molecular weight is 427 g/mol. The molecule has 1 saturated heterocycles. The normalized spacial score (nSPS) is 20.3. The average Bonchev–Trinajstić information content (AvgIpc) is 2.64. The zero-order valence-corrected chi connectivity index (χ0v) is 18.2. The number of hydrogen-bond acceptors (Lipinski definition) is 6. The van der Waals surface area contributed by atoms with Crippen LogP contribution in [-0.4, -0.2) is 56.8 Å². The van der Waals surface area contributed by atoms with Crippen molar-refractivity contribution in [1.82, 2.24) is 9.62 Å². The molecule has 1 aliphatic rings. The van der Waals surface area contributed by atoms with Gasteiger partial charge in [0.1, 0.15) is 5.69 Å². The fourth-order valence-corrected chi connectivity index (χ4v) is 5.40. The van der Waals surface area contributed by atoms with Gasteiger partial charge in [-0.15, -0.1) is 0 Å². The van der Waals surface area contributed by atoms with Gasteiger partial charge in [-0.1, -0.05) is 20.8 Å². The molecule has 2 atom stereocenters. The molecule has 1 aliphatic heterocycles. The van der Waals surface area contributed by atoms with Crippen molar-refractivity contribution in [1.29, 1.82) is 0 Å². The van der Waals surface area contributed by atoms with Gasteiger partial charge in [0, 0.05) is 32.7 Å². The maximum Gasteiger partial charge on any atom is 0.293 e. The monoisotopic (exact) mass is 426 g/mol. The molecule has 162 valence electrons. The number of nitrogens with zero attached hydrogens (tertiary/aromatic N) is 3. The largest absolute Gasteiger partial charge is 0.360 e. The smallest absolute Gasteiger partial charge is 0.293 e. The Morgan fingerprint density at radius 1 is 1.31 bits per heavy atom. The first-order valence-corrected chi connectivity index (χ1v) is 11.3. The summed E-state index contributed by atoms with van der Waals surface area (Å²) in [5.74, 6) is 0.211. The number of nitro benzene ring substituents is 1. The molecule has 0 unspecified atom stereocenters. The number of anilines is 1. The molecule has 29 heavy (non-hydrogen) atoms. The van der Waals surface area contributed by atoms with Crippen LogP contribution in [0.1, 0.15) is 33.6 Å². The Morgan fingerprint density at radius 3 is 2.48 bits per heavy atom. The lowest BCUT2D eigenvalue weighted by Gasteiger charge is -2.34. The van der Waals surface area contributed by atoms with Crippen molar-refractivity contribution in [2.75, 3.05) is 38.1 Å². The van der Waals surface area contributed by atoms with Crippen molar-refractivity contribution in [3.63, 3.8) is 0 Å². The number of rotatable bonds is 8. The summed E-state index contributed by atoms with van der Waals surface area (Å²) in [7, 11) is -2.26. The minimum Gasteiger partial charge on any atom is -0.360 e. The summed E-state index contributed by atoms with van der Waals surface area (Å²) >= 11 is 0. The first kappa shape index (κ1) is 23.1. The van der Waals surface area contributed by atoms with Crippen LogP contribution in [0.5, 0.6) is 0 Å². The van der Waals surface area contributed by atoms with Crippen molar-refractivity contribution in [2.45, 2.75) is 38.5 Å². The third kappa shape index (κ3) is 5.66. The van der Waals surface area contributed by atoms with Gasteiger partial charge in [-0.05, 0) is 36.8 Å². The number of hydrogen-bond donors (Lipinski definition) is 1. The van der Waals surface area contributed by atoms with Crippen molar-refractivity contribution >= 4 is 27.3 Å². The molecular formula is C19H30N4O5S. The van der Waals surface area contributed by atoms with Gasteiger partial charge < -0.3 is 10.2 Å². The van der Waals surface area contributed by atoms with Crippen LogP contribution in [0.25, 0.3) is 0 Å². The summed E-state index contributed by atoms with van der Waals surface area (Å²) in [5.41, 5.74) is -0.143. The minimum atomic E-state index is -3.83. The number of benzene rings is 1. The van der Waals surface area contributed by atoms with E-state index in [1.165, 1.54) is 21.3 Å². The second kappa shape index (κ2) is 9.53. The molecular weight excluding hydrogens is 396 g/mol. The third-order valence-corrected chi connectivity index (χ3v) is 6.81. The molecule has 1 heterocycles. The van der Waals surface area contributed by atoms with Crippen LogP contribution in [0, 0.1) is 22.0 Å². The summed E-state index contributed by atoms with van der Waals surface area (Å²) in [6, 6.07) is 3.87. The van der Waals surface area contributed by atoms with Gasteiger partial charge in [-0.25, -0.2) is 8.42 Å². The number of likely N-dealkylation sites (N-methyl/N-ethyl adjacent to an activating group) is 1. The van der Waals surface area contributed by atoms with E-state index in [1.54, 1.807) is 7.05 Å². The highest BCUT2D eigenvalue weighted by Crippen LogP contribution is 2.33. The maximum atomic E-state index is 13.1. The molecule has 1 N–H and O–H groups in total. The highest BCUT2D eigenvalue weighted by molar-refractivity contribution is 7.89. The maximum absolute atomic E-state index is 13.1. The van der Waals surface area contributed by atoms with Gasteiger partial charge in [0.2, 0.25) is 15.9 Å². The lowest BCUT2D eigenvalue weighted by Crippen LogP contribution is -2.42. The summed E-state index contributed by atoms with van der Waals surface area (Å²) in [6.45, 7) is 7.20. The number of carbonyl (C=O) groups excluding carboxylic acids is 1. The van der Waals surface area contributed by atoms with E-state index >= 15 is 0 Å². The fourth-order valence-electron chi connectivity index (χ4n) is 3.70. The van der Waals surface area contributed by atoms with Crippen LogP contribution >= 0.6 is 0 Å². The van der Waals surface area contributed by atoms with Crippen LogP contribution in [0.4, 0.5) is 11.4 Å². The molecule has 0 aliphatic carbocycles. The quantitative estimate of drug-likeness (QED) is 0.504. The summed E-state index contributed by atoms with van der Waals surface area (Å²) in [4.78, 5) is 24.3. The molecule has 1 fully saturated rings. The standard InChI is InChI=1S/C19H30N4O5S/c1-5-8-20-19(24)13-21(4)17-7-6-16(10-18(17)23(25)26)29(27,28)22-11-14(2)9-15(3)12-22/h6-7,10,14-15H,5,8-9,11-13H2,1-4H3,(H,20,24)/t14-,15-/m0/s1. The minimum absolute atomic E-state index is 0.0614.